The first-order valence-corrected chi connectivity index (χ1v) is 11.5. The van der Waals surface area contributed by atoms with E-state index < -0.39 is 0 Å². The highest BCUT2D eigenvalue weighted by molar-refractivity contribution is 7.99. The van der Waals surface area contributed by atoms with Crippen molar-refractivity contribution in [2.45, 2.75) is 18.0 Å². The third-order valence-corrected chi connectivity index (χ3v) is 6.38. The van der Waals surface area contributed by atoms with Crippen LogP contribution in [0.2, 0.25) is 0 Å². The van der Waals surface area contributed by atoms with E-state index in [-0.39, 0.29) is 17.5 Å². The smallest absolute Gasteiger partial charge is 0.232 e. The van der Waals surface area contributed by atoms with E-state index in [0.717, 1.165) is 25.3 Å². The van der Waals surface area contributed by atoms with Crippen LogP contribution in [0, 0.1) is 5.82 Å². The van der Waals surface area contributed by atoms with E-state index in [4.69, 9.17) is 0 Å². The van der Waals surface area contributed by atoms with Crippen molar-refractivity contribution in [3.63, 3.8) is 0 Å². The summed E-state index contributed by atoms with van der Waals surface area (Å²) in [6, 6.07) is 16.1. The Morgan fingerprint density at radius 3 is 2.52 bits per heavy atom. The first-order chi connectivity index (χ1) is 15.1. The molecule has 31 heavy (non-hydrogen) atoms. The summed E-state index contributed by atoms with van der Waals surface area (Å²) in [5.74, 6) is 0.348. The number of hydrogen-bond acceptors (Lipinski definition) is 5. The maximum Gasteiger partial charge on any atom is 0.232 e. The molecule has 1 aliphatic heterocycles. The summed E-state index contributed by atoms with van der Waals surface area (Å²) >= 11 is 1.32. The van der Waals surface area contributed by atoms with Crippen molar-refractivity contribution < 1.29 is 9.18 Å². The van der Waals surface area contributed by atoms with Gasteiger partial charge in [0.1, 0.15) is 5.82 Å². The normalized spacial score (nSPS) is 14.1. The van der Waals surface area contributed by atoms with Gasteiger partial charge in [0.2, 0.25) is 5.91 Å². The fourth-order valence-corrected chi connectivity index (χ4v) is 4.54. The molecule has 1 fully saturated rings. The molecule has 0 N–H and O–H groups in total. The molecule has 3 aromatic rings. The minimum absolute atomic E-state index is 0.0410. The largest absolute Gasteiger partial charge is 0.344 e. The van der Waals surface area contributed by atoms with Crippen LogP contribution >= 0.6 is 11.8 Å². The molecule has 162 valence electrons. The minimum atomic E-state index is -0.360. The molecular formula is C23H26FN5OS. The van der Waals surface area contributed by atoms with Crippen LogP contribution in [0.5, 0.6) is 0 Å². The number of halogens is 1. The molecule has 1 saturated heterocycles. The molecule has 0 bridgehead atoms. The Morgan fingerprint density at radius 2 is 1.77 bits per heavy atom. The third kappa shape index (κ3) is 5.14. The Balaban J connectivity index is 1.50. The summed E-state index contributed by atoms with van der Waals surface area (Å²) < 4.78 is 16.3. The zero-order chi connectivity index (χ0) is 21.6. The average molecular weight is 440 g/mol. The Hall–Kier alpha value is -2.71. The summed E-state index contributed by atoms with van der Waals surface area (Å²) in [5.41, 5.74) is 1.20. The molecule has 8 heteroatoms. The van der Waals surface area contributed by atoms with Gasteiger partial charge in [-0.15, -0.1) is 10.2 Å². The molecule has 1 amide bonds. The van der Waals surface area contributed by atoms with Gasteiger partial charge in [0.25, 0.3) is 0 Å². The number of carbonyl (C=O) groups excluding carboxylic acids is 1. The van der Waals surface area contributed by atoms with Crippen LogP contribution in [-0.2, 0) is 4.79 Å². The van der Waals surface area contributed by atoms with Crippen LogP contribution in [0.15, 0.2) is 59.8 Å². The third-order valence-electron chi connectivity index (χ3n) is 5.46. The van der Waals surface area contributed by atoms with Gasteiger partial charge in [-0.05, 0) is 50.2 Å². The lowest BCUT2D eigenvalue weighted by Crippen LogP contribution is -2.36. The number of likely N-dealkylation sites (N-methyl/N-ethyl adjacent to an activating group) is 1. The summed E-state index contributed by atoms with van der Waals surface area (Å²) in [5, 5.41) is 9.10. The summed E-state index contributed by atoms with van der Waals surface area (Å²) in [6.45, 7) is 3.86. The van der Waals surface area contributed by atoms with Crippen LogP contribution in [0.3, 0.4) is 0 Å². The van der Waals surface area contributed by atoms with E-state index in [1.807, 2.05) is 37.4 Å². The number of benzene rings is 2. The van der Waals surface area contributed by atoms with Crippen molar-refractivity contribution in [1.82, 2.24) is 24.6 Å². The lowest BCUT2D eigenvalue weighted by molar-refractivity contribution is -0.127. The number of thioether (sulfide) groups is 1. The molecule has 6 nitrogen and oxygen atoms in total. The fourth-order valence-electron chi connectivity index (χ4n) is 3.65. The number of rotatable bonds is 8. The predicted molar refractivity (Wildman–Crippen MR) is 121 cm³/mol. The number of hydrogen-bond donors (Lipinski definition) is 0. The lowest BCUT2D eigenvalue weighted by atomic mass is 10.2. The number of amides is 1. The van der Waals surface area contributed by atoms with E-state index >= 15 is 0 Å². The van der Waals surface area contributed by atoms with Crippen molar-refractivity contribution in [3.8, 4) is 17.1 Å². The van der Waals surface area contributed by atoms with E-state index in [1.54, 1.807) is 27.7 Å². The number of likely N-dealkylation sites (tertiary alicyclic amines) is 1. The summed E-state index contributed by atoms with van der Waals surface area (Å²) in [7, 11) is 1.84. The van der Waals surface area contributed by atoms with Gasteiger partial charge in [-0.25, -0.2) is 4.39 Å². The van der Waals surface area contributed by atoms with E-state index in [2.05, 4.69) is 15.1 Å². The van der Waals surface area contributed by atoms with Crippen LogP contribution in [0.4, 0.5) is 4.39 Å². The van der Waals surface area contributed by atoms with Gasteiger partial charge in [-0.1, -0.05) is 42.1 Å². The molecular weight excluding hydrogens is 413 g/mol. The Kier molecular flexibility index (Phi) is 6.99. The first kappa shape index (κ1) is 21.5. The summed E-state index contributed by atoms with van der Waals surface area (Å²) in [6.07, 6.45) is 2.49. The highest BCUT2D eigenvalue weighted by atomic mass is 32.2. The number of carbonyl (C=O) groups is 1. The number of aromatic nitrogens is 3. The molecule has 1 aliphatic rings. The van der Waals surface area contributed by atoms with Crippen molar-refractivity contribution in [1.29, 1.82) is 0 Å². The van der Waals surface area contributed by atoms with Gasteiger partial charge in [-0.2, -0.15) is 0 Å². The highest BCUT2D eigenvalue weighted by Gasteiger charge is 2.20. The quantitative estimate of drug-likeness (QED) is 0.501. The van der Waals surface area contributed by atoms with Crippen molar-refractivity contribution >= 4 is 17.7 Å². The molecule has 1 aromatic heterocycles. The molecule has 0 unspecified atom stereocenters. The van der Waals surface area contributed by atoms with Gasteiger partial charge >= 0.3 is 0 Å². The second kappa shape index (κ2) is 10.1. The molecule has 0 atom stereocenters. The summed E-state index contributed by atoms with van der Waals surface area (Å²) in [4.78, 5) is 16.8. The van der Waals surface area contributed by atoms with E-state index in [1.165, 1.54) is 30.7 Å². The zero-order valence-corrected chi connectivity index (χ0v) is 18.4. The molecule has 4 rings (SSSR count). The second-order valence-corrected chi connectivity index (χ2v) is 8.55. The van der Waals surface area contributed by atoms with Crippen LogP contribution < -0.4 is 0 Å². The van der Waals surface area contributed by atoms with Crippen molar-refractivity contribution in [3.05, 3.63) is 60.4 Å². The van der Waals surface area contributed by atoms with E-state index in [9.17, 15) is 9.18 Å². The van der Waals surface area contributed by atoms with Gasteiger partial charge in [0.15, 0.2) is 11.0 Å². The van der Waals surface area contributed by atoms with Gasteiger partial charge < -0.3 is 9.80 Å². The Bertz CT molecular complexity index is 1020. The van der Waals surface area contributed by atoms with Crippen LogP contribution in [0.25, 0.3) is 17.1 Å². The number of nitrogens with zero attached hydrogens (tertiary/aromatic N) is 5. The second-order valence-electron chi connectivity index (χ2n) is 7.61. The monoisotopic (exact) mass is 439 g/mol. The lowest BCUT2D eigenvalue weighted by Gasteiger charge is -2.21. The van der Waals surface area contributed by atoms with E-state index in [0.29, 0.717) is 23.1 Å². The average Bonchev–Trinajstić information content (AvgIpc) is 3.46. The standard InChI is InChI=1S/C23H26FN5OS/c1-27(15-16-28-13-7-8-14-28)21(30)17-31-23-26-25-22(19-11-5-6-12-20(19)24)29(23)18-9-3-2-4-10-18/h2-6,9-12H,7-8,13-17H2,1H3. The SMILES string of the molecule is CN(CCN1CCCC1)C(=O)CSc1nnc(-c2ccccc2F)n1-c1ccccc1. The maximum atomic E-state index is 14.5. The maximum absolute atomic E-state index is 14.5. The van der Waals surface area contributed by atoms with Crippen LogP contribution in [0.1, 0.15) is 12.8 Å². The van der Waals surface area contributed by atoms with Crippen molar-refractivity contribution in [2.75, 3.05) is 39.0 Å². The molecule has 0 saturated carbocycles. The first-order valence-electron chi connectivity index (χ1n) is 10.5. The Morgan fingerprint density at radius 1 is 1.06 bits per heavy atom. The van der Waals surface area contributed by atoms with Crippen molar-refractivity contribution in [2.24, 2.45) is 0 Å². The van der Waals surface area contributed by atoms with Gasteiger partial charge in [0, 0.05) is 25.8 Å². The Labute approximate surface area is 186 Å². The molecule has 0 aliphatic carbocycles. The predicted octanol–water partition coefficient (Wildman–Crippen LogP) is 3.72. The number of para-hydroxylation sites is 1. The molecule has 0 radical (unpaired) electrons. The topological polar surface area (TPSA) is 54.3 Å². The highest BCUT2D eigenvalue weighted by Crippen LogP contribution is 2.29. The minimum Gasteiger partial charge on any atom is -0.344 e. The zero-order valence-electron chi connectivity index (χ0n) is 17.6. The molecule has 0 spiro atoms. The molecule has 2 aromatic carbocycles. The fraction of sp³-hybridized carbons (Fsp3) is 0.348. The van der Waals surface area contributed by atoms with Crippen LogP contribution in [-0.4, -0.2) is 69.5 Å². The van der Waals surface area contributed by atoms with Gasteiger partial charge in [-0.3, -0.25) is 9.36 Å². The molecule has 2 heterocycles. The van der Waals surface area contributed by atoms with Gasteiger partial charge in [0.05, 0.1) is 11.3 Å².